The van der Waals surface area contributed by atoms with Crippen molar-refractivity contribution in [2.24, 2.45) is 0 Å². The van der Waals surface area contributed by atoms with Crippen LogP contribution in [0.3, 0.4) is 0 Å². The molecule has 204 valence electrons. The minimum atomic E-state index is -0.599. The molecule has 8 nitrogen and oxygen atoms in total. The summed E-state index contributed by atoms with van der Waals surface area (Å²) in [5, 5.41) is 4.85. The molecule has 0 unspecified atom stereocenters. The Morgan fingerprint density at radius 3 is 2.32 bits per heavy atom. The smallest absolute Gasteiger partial charge is 0.266 e. The van der Waals surface area contributed by atoms with E-state index < -0.39 is 5.82 Å². The number of fused-ring (bicyclic) bond motifs is 2. The van der Waals surface area contributed by atoms with E-state index >= 15 is 4.39 Å². The van der Waals surface area contributed by atoms with Gasteiger partial charge in [0, 0.05) is 47.5 Å². The van der Waals surface area contributed by atoms with Gasteiger partial charge in [-0.2, -0.15) is 0 Å². The van der Waals surface area contributed by atoms with Crippen molar-refractivity contribution in [3.05, 3.63) is 113 Å². The van der Waals surface area contributed by atoms with Gasteiger partial charge in [-0.15, -0.1) is 0 Å². The van der Waals surface area contributed by atoms with E-state index in [0.29, 0.717) is 50.4 Å². The molecule has 0 aliphatic carbocycles. The first-order chi connectivity index (χ1) is 19.9. The summed E-state index contributed by atoms with van der Waals surface area (Å²) in [5.74, 6) is 1.18. The monoisotopic (exact) mass is 548 g/mol. The van der Waals surface area contributed by atoms with Crippen molar-refractivity contribution in [2.45, 2.75) is 6.92 Å². The van der Waals surface area contributed by atoms with Gasteiger partial charge in [0.15, 0.2) is 23.1 Å². The summed E-state index contributed by atoms with van der Waals surface area (Å²) in [6.07, 6.45) is 4.92. The fourth-order valence-corrected chi connectivity index (χ4v) is 4.64. The van der Waals surface area contributed by atoms with Gasteiger partial charge in [-0.1, -0.05) is 17.7 Å². The summed E-state index contributed by atoms with van der Waals surface area (Å²) in [6, 6.07) is 20.9. The fraction of sp³-hybridized carbons (Fsp3) is 0.0938. The number of ether oxygens (including phenoxy) is 3. The van der Waals surface area contributed by atoms with Crippen molar-refractivity contribution in [1.29, 1.82) is 0 Å². The van der Waals surface area contributed by atoms with Crippen molar-refractivity contribution in [3.63, 3.8) is 0 Å². The molecule has 0 saturated heterocycles. The molecule has 41 heavy (non-hydrogen) atoms. The standard InChI is InChI=1S/C32H25FN4O4/c1-19-4-7-22(8-5-19)37-15-12-20-10-13-35-31(30(20)32(37)38)36-21-6-9-27(24(33)16-21)41-26-11-14-34-25-18-29(40-3)28(39-2)17-23(25)26/h4-18H,1-3H3,(H,35,36). The third-order valence-electron chi connectivity index (χ3n) is 6.75. The minimum absolute atomic E-state index is 0.0189. The van der Waals surface area contributed by atoms with Gasteiger partial charge in [-0.05, 0) is 60.8 Å². The quantitative estimate of drug-likeness (QED) is 0.231. The number of rotatable bonds is 7. The molecule has 0 bridgehead atoms. The number of hydrogen-bond acceptors (Lipinski definition) is 7. The van der Waals surface area contributed by atoms with Crippen LogP contribution in [0.5, 0.6) is 23.0 Å². The Hall–Kier alpha value is -5.44. The summed E-state index contributed by atoms with van der Waals surface area (Å²) in [7, 11) is 3.08. The number of nitrogens with one attached hydrogen (secondary N) is 1. The van der Waals surface area contributed by atoms with Gasteiger partial charge < -0.3 is 19.5 Å². The lowest BCUT2D eigenvalue weighted by Gasteiger charge is -2.14. The summed E-state index contributed by atoms with van der Waals surface area (Å²) in [6.45, 7) is 1.99. The average molecular weight is 549 g/mol. The van der Waals surface area contributed by atoms with Crippen LogP contribution in [0.4, 0.5) is 15.9 Å². The zero-order chi connectivity index (χ0) is 28.5. The molecule has 1 N–H and O–H groups in total. The van der Waals surface area contributed by atoms with E-state index in [4.69, 9.17) is 14.2 Å². The third-order valence-corrected chi connectivity index (χ3v) is 6.75. The predicted octanol–water partition coefficient (Wildman–Crippen LogP) is 6.93. The van der Waals surface area contributed by atoms with E-state index in [1.807, 2.05) is 37.3 Å². The molecule has 0 fully saturated rings. The summed E-state index contributed by atoms with van der Waals surface area (Å²) in [4.78, 5) is 22.3. The maximum absolute atomic E-state index is 15.3. The highest BCUT2D eigenvalue weighted by Crippen LogP contribution is 2.37. The van der Waals surface area contributed by atoms with E-state index in [0.717, 1.165) is 11.3 Å². The Balaban J connectivity index is 1.32. The van der Waals surface area contributed by atoms with Crippen LogP contribution >= 0.6 is 0 Å². The van der Waals surface area contributed by atoms with Gasteiger partial charge in [0.2, 0.25) is 0 Å². The zero-order valence-electron chi connectivity index (χ0n) is 22.5. The highest BCUT2D eigenvalue weighted by atomic mass is 19.1. The molecule has 0 atom stereocenters. The van der Waals surface area contributed by atoms with Crippen LogP contribution in [0, 0.1) is 12.7 Å². The van der Waals surface area contributed by atoms with Crippen LogP contribution in [0.2, 0.25) is 0 Å². The molecule has 6 rings (SSSR count). The van der Waals surface area contributed by atoms with Gasteiger partial charge in [0.25, 0.3) is 5.56 Å². The molecule has 0 spiro atoms. The molecule has 3 aromatic carbocycles. The second kappa shape index (κ2) is 10.6. The molecule has 0 aliphatic rings. The lowest BCUT2D eigenvalue weighted by atomic mass is 10.1. The topological polar surface area (TPSA) is 87.5 Å². The predicted molar refractivity (Wildman–Crippen MR) is 157 cm³/mol. The van der Waals surface area contributed by atoms with E-state index in [-0.39, 0.29) is 11.3 Å². The van der Waals surface area contributed by atoms with Crippen molar-refractivity contribution in [3.8, 4) is 28.7 Å². The average Bonchev–Trinajstić information content (AvgIpc) is 2.99. The number of aromatic nitrogens is 3. The van der Waals surface area contributed by atoms with Gasteiger partial charge in [0.1, 0.15) is 11.6 Å². The van der Waals surface area contributed by atoms with E-state index in [1.165, 1.54) is 19.2 Å². The summed E-state index contributed by atoms with van der Waals surface area (Å²) in [5.41, 5.74) is 2.62. The first-order valence-corrected chi connectivity index (χ1v) is 12.8. The summed E-state index contributed by atoms with van der Waals surface area (Å²) >= 11 is 0. The lowest BCUT2D eigenvalue weighted by Crippen LogP contribution is -2.19. The Bertz CT molecular complexity index is 1970. The van der Waals surface area contributed by atoms with Crippen LogP contribution in [0.15, 0.2) is 96.2 Å². The van der Waals surface area contributed by atoms with Crippen molar-refractivity contribution < 1.29 is 18.6 Å². The number of halogens is 1. The maximum atomic E-state index is 15.3. The van der Waals surface area contributed by atoms with E-state index in [1.54, 1.807) is 60.6 Å². The number of anilines is 2. The SMILES string of the molecule is COc1cc2nccc(Oc3ccc(Nc4nccc5ccn(-c6ccc(C)cc6)c(=O)c45)cc3F)c2cc1OC. The van der Waals surface area contributed by atoms with Gasteiger partial charge in [-0.3, -0.25) is 14.3 Å². The van der Waals surface area contributed by atoms with Crippen LogP contribution in [-0.2, 0) is 0 Å². The fourth-order valence-electron chi connectivity index (χ4n) is 4.64. The van der Waals surface area contributed by atoms with E-state index in [2.05, 4.69) is 15.3 Å². The normalized spacial score (nSPS) is 11.0. The van der Waals surface area contributed by atoms with Gasteiger partial charge in [0.05, 0.1) is 25.1 Å². The van der Waals surface area contributed by atoms with Crippen molar-refractivity contribution >= 4 is 33.2 Å². The van der Waals surface area contributed by atoms with Crippen molar-refractivity contribution in [2.75, 3.05) is 19.5 Å². The highest BCUT2D eigenvalue weighted by Gasteiger charge is 2.15. The zero-order valence-corrected chi connectivity index (χ0v) is 22.5. The number of nitrogens with zero attached hydrogens (tertiary/aromatic N) is 3. The Morgan fingerprint density at radius 1 is 0.805 bits per heavy atom. The molecule has 3 aromatic heterocycles. The molecule has 0 radical (unpaired) electrons. The molecule has 9 heteroatoms. The Labute approximate surface area is 234 Å². The second-order valence-corrected chi connectivity index (χ2v) is 9.36. The van der Waals surface area contributed by atoms with Crippen LogP contribution in [0.1, 0.15) is 5.56 Å². The number of methoxy groups -OCH3 is 2. The van der Waals surface area contributed by atoms with Crippen LogP contribution < -0.4 is 25.1 Å². The van der Waals surface area contributed by atoms with E-state index in [9.17, 15) is 4.79 Å². The number of pyridine rings is 3. The Kier molecular flexibility index (Phi) is 6.68. The molecule has 0 aliphatic heterocycles. The van der Waals surface area contributed by atoms with Crippen LogP contribution in [0.25, 0.3) is 27.4 Å². The molecule has 0 amide bonds. The largest absolute Gasteiger partial charge is 0.493 e. The van der Waals surface area contributed by atoms with Crippen molar-refractivity contribution in [1.82, 2.24) is 14.5 Å². The molecule has 3 heterocycles. The minimum Gasteiger partial charge on any atom is -0.493 e. The first-order valence-electron chi connectivity index (χ1n) is 12.8. The lowest BCUT2D eigenvalue weighted by molar-refractivity contribution is 0.355. The first kappa shape index (κ1) is 25.8. The second-order valence-electron chi connectivity index (χ2n) is 9.36. The number of aryl methyl sites for hydroxylation is 1. The number of benzene rings is 3. The van der Waals surface area contributed by atoms with Gasteiger partial charge in [-0.25, -0.2) is 9.37 Å². The number of hydrogen-bond donors (Lipinski definition) is 1. The summed E-state index contributed by atoms with van der Waals surface area (Å²) < 4.78 is 33.6. The molecule has 0 saturated carbocycles. The molecular weight excluding hydrogens is 523 g/mol. The molecular formula is C32H25FN4O4. The van der Waals surface area contributed by atoms with Crippen LogP contribution in [-0.4, -0.2) is 28.8 Å². The highest BCUT2D eigenvalue weighted by molar-refractivity contribution is 5.92. The van der Waals surface area contributed by atoms with Gasteiger partial charge >= 0.3 is 0 Å². The Morgan fingerprint density at radius 2 is 1.56 bits per heavy atom. The molecule has 6 aromatic rings. The maximum Gasteiger partial charge on any atom is 0.266 e. The third kappa shape index (κ3) is 4.89.